The molecule has 1 aromatic carbocycles. The number of nitrogens with one attached hydrogen (secondary N) is 1. The number of hydrogen-bond donors (Lipinski definition) is 2. The van der Waals surface area contributed by atoms with Gasteiger partial charge in [0, 0.05) is 22.6 Å². The molecule has 0 saturated heterocycles. The van der Waals surface area contributed by atoms with Crippen molar-refractivity contribution in [1.82, 2.24) is 5.32 Å². The third-order valence-corrected chi connectivity index (χ3v) is 3.03. The summed E-state index contributed by atoms with van der Waals surface area (Å²) in [6.07, 6.45) is 0.759. The van der Waals surface area contributed by atoms with Crippen LogP contribution in [0.1, 0.15) is 18.9 Å². The van der Waals surface area contributed by atoms with Gasteiger partial charge in [0.25, 0.3) is 0 Å². The first-order chi connectivity index (χ1) is 8.56. The van der Waals surface area contributed by atoms with Crippen molar-refractivity contribution in [2.75, 3.05) is 6.61 Å². The Bertz CT molecular complexity index is 373. The first-order valence-electron chi connectivity index (χ1n) is 5.64. The molecular weight excluding hydrogens is 308 g/mol. The molecule has 0 amide bonds. The van der Waals surface area contributed by atoms with E-state index >= 15 is 0 Å². The fourth-order valence-electron chi connectivity index (χ4n) is 1.49. The Morgan fingerprint density at radius 2 is 2.17 bits per heavy atom. The number of benzene rings is 1. The lowest BCUT2D eigenvalue weighted by Crippen LogP contribution is -2.31. The fraction of sp³-hybridized carbons (Fsp3) is 0.500. The molecule has 1 atom stereocenters. The molecule has 0 fully saturated rings. The maximum atomic E-state index is 12.2. The Kier molecular flexibility index (Phi) is 6.52. The van der Waals surface area contributed by atoms with E-state index in [0.717, 1.165) is 10.9 Å². The summed E-state index contributed by atoms with van der Waals surface area (Å²) in [5, 5.41) is 12.1. The van der Waals surface area contributed by atoms with Crippen molar-refractivity contribution < 1.29 is 18.6 Å². The quantitative estimate of drug-likeness (QED) is 0.810. The molecule has 102 valence electrons. The predicted molar refractivity (Wildman–Crippen MR) is 68.8 cm³/mol. The molecule has 0 saturated carbocycles. The summed E-state index contributed by atoms with van der Waals surface area (Å²) < 4.78 is 29.7. The van der Waals surface area contributed by atoms with Gasteiger partial charge >= 0.3 is 6.61 Å². The Hall–Kier alpha value is -0.720. The van der Waals surface area contributed by atoms with Gasteiger partial charge in [-0.2, -0.15) is 8.78 Å². The van der Waals surface area contributed by atoms with Crippen molar-refractivity contribution in [2.45, 2.75) is 32.5 Å². The van der Waals surface area contributed by atoms with E-state index in [1.54, 1.807) is 12.1 Å². The van der Waals surface area contributed by atoms with Crippen molar-refractivity contribution in [3.05, 3.63) is 28.2 Å². The molecule has 0 spiro atoms. The van der Waals surface area contributed by atoms with Gasteiger partial charge in [-0.15, -0.1) is 0 Å². The molecule has 0 aromatic heterocycles. The van der Waals surface area contributed by atoms with E-state index in [9.17, 15) is 8.78 Å². The van der Waals surface area contributed by atoms with Crippen LogP contribution >= 0.6 is 15.9 Å². The first kappa shape index (κ1) is 15.3. The maximum absolute atomic E-state index is 12.2. The molecule has 0 aliphatic heterocycles. The van der Waals surface area contributed by atoms with Crippen molar-refractivity contribution >= 4 is 15.9 Å². The molecule has 18 heavy (non-hydrogen) atoms. The SMILES string of the molecule is CC[C@@H](CO)NCc1cc(Br)ccc1OC(F)F. The van der Waals surface area contributed by atoms with Gasteiger partial charge in [0.05, 0.1) is 6.61 Å². The molecule has 3 nitrogen and oxygen atoms in total. The van der Waals surface area contributed by atoms with E-state index in [0.29, 0.717) is 12.1 Å². The zero-order chi connectivity index (χ0) is 13.5. The lowest BCUT2D eigenvalue weighted by molar-refractivity contribution is -0.0505. The third-order valence-electron chi connectivity index (χ3n) is 2.53. The van der Waals surface area contributed by atoms with Crippen molar-refractivity contribution in [3.63, 3.8) is 0 Å². The largest absolute Gasteiger partial charge is 0.434 e. The fourth-order valence-corrected chi connectivity index (χ4v) is 1.90. The summed E-state index contributed by atoms with van der Waals surface area (Å²) in [4.78, 5) is 0. The molecule has 0 unspecified atom stereocenters. The minimum atomic E-state index is -2.84. The second-order valence-electron chi connectivity index (χ2n) is 3.80. The number of alkyl halides is 2. The monoisotopic (exact) mass is 323 g/mol. The van der Waals surface area contributed by atoms with Crippen LogP contribution in [0.25, 0.3) is 0 Å². The molecule has 2 N–H and O–H groups in total. The lowest BCUT2D eigenvalue weighted by atomic mass is 10.1. The molecule has 0 heterocycles. The van der Waals surface area contributed by atoms with Gasteiger partial charge in [-0.05, 0) is 24.6 Å². The highest BCUT2D eigenvalue weighted by Crippen LogP contribution is 2.24. The van der Waals surface area contributed by atoms with E-state index in [-0.39, 0.29) is 18.4 Å². The van der Waals surface area contributed by atoms with Crippen LogP contribution in [0.15, 0.2) is 22.7 Å². The standard InChI is InChI=1S/C12H16BrF2NO2/c1-2-10(7-17)16-6-8-5-9(13)3-4-11(8)18-12(14)15/h3-5,10,12,16-17H,2,6-7H2,1H3/t10-/m0/s1. The Balaban J connectivity index is 2.75. The van der Waals surface area contributed by atoms with E-state index in [4.69, 9.17) is 5.11 Å². The average molecular weight is 324 g/mol. The van der Waals surface area contributed by atoms with Crippen LogP contribution in [0.2, 0.25) is 0 Å². The second-order valence-corrected chi connectivity index (χ2v) is 4.71. The summed E-state index contributed by atoms with van der Waals surface area (Å²) in [6, 6.07) is 4.80. The zero-order valence-corrected chi connectivity index (χ0v) is 11.6. The molecule has 0 bridgehead atoms. The number of aliphatic hydroxyl groups is 1. The Morgan fingerprint density at radius 1 is 1.44 bits per heavy atom. The second kappa shape index (κ2) is 7.66. The van der Waals surface area contributed by atoms with Gasteiger partial charge in [-0.25, -0.2) is 0 Å². The molecular formula is C12H16BrF2NO2. The van der Waals surface area contributed by atoms with Gasteiger partial charge < -0.3 is 15.2 Å². The highest BCUT2D eigenvalue weighted by atomic mass is 79.9. The number of halogens is 3. The predicted octanol–water partition coefficient (Wildman–Crippen LogP) is 2.91. The smallest absolute Gasteiger partial charge is 0.387 e. The van der Waals surface area contributed by atoms with Gasteiger partial charge in [-0.3, -0.25) is 0 Å². The number of ether oxygens (including phenoxy) is 1. The normalized spacial score (nSPS) is 12.8. The lowest BCUT2D eigenvalue weighted by Gasteiger charge is -2.16. The summed E-state index contributed by atoms with van der Waals surface area (Å²) in [7, 11) is 0. The highest BCUT2D eigenvalue weighted by Gasteiger charge is 2.11. The summed E-state index contributed by atoms with van der Waals surface area (Å²) in [5.74, 6) is 0.147. The van der Waals surface area contributed by atoms with Gasteiger partial charge in [0.15, 0.2) is 0 Å². The molecule has 6 heteroatoms. The Morgan fingerprint density at radius 3 is 2.72 bits per heavy atom. The topological polar surface area (TPSA) is 41.5 Å². The van der Waals surface area contributed by atoms with E-state index in [1.807, 2.05) is 6.92 Å². The average Bonchev–Trinajstić information content (AvgIpc) is 2.33. The van der Waals surface area contributed by atoms with E-state index < -0.39 is 6.61 Å². The van der Waals surface area contributed by atoms with Crippen LogP contribution in [-0.2, 0) is 6.54 Å². The van der Waals surface area contributed by atoms with Crippen LogP contribution in [-0.4, -0.2) is 24.4 Å². The van der Waals surface area contributed by atoms with Crippen LogP contribution in [0.5, 0.6) is 5.75 Å². The summed E-state index contributed by atoms with van der Waals surface area (Å²) in [6.45, 7) is -0.536. The van der Waals surface area contributed by atoms with E-state index in [2.05, 4.69) is 26.0 Å². The molecule has 1 rings (SSSR count). The zero-order valence-electron chi connectivity index (χ0n) is 10.00. The first-order valence-corrected chi connectivity index (χ1v) is 6.43. The van der Waals surface area contributed by atoms with Crippen LogP contribution in [0.3, 0.4) is 0 Å². The maximum Gasteiger partial charge on any atom is 0.387 e. The van der Waals surface area contributed by atoms with Gasteiger partial charge in [0.2, 0.25) is 0 Å². The van der Waals surface area contributed by atoms with Crippen LogP contribution in [0.4, 0.5) is 8.78 Å². The van der Waals surface area contributed by atoms with Crippen molar-refractivity contribution in [3.8, 4) is 5.75 Å². The molecule has 0 radical (unpaired) electrons. The van der Waals surface area contributed by atoms with Crippen molar-refractivity contribution in [1.29, 1.82) is 0 Å². The molecule has 1 aromatic rings. The number of aliphatic hydroxyl groups excluding tert-OH is 1. The van der Waals surface area contributed by atoms with Crippen LogP contribution < -0.4 is 10.1 Å². The minimum Gasteiger partial charge on any atom is -0.434 e. The number of hydrogen-bond acceptors (Lipinski definition) is 3. The molecule has 0 aliphatic rings. The van der Waals surface area contributed by atoms with Crippen molar-refractivity contribution in [2.24, 2.45) is 0 Å². The Labute approximate surface area is 113 Å². The minimum absolute atomic E-state index is 0.00947. The highest BCUT2D eigenvalue weighted by molar-refractivity contribution is 9.10. The summed E-state index contributed by atoms with van der Waals surface area (Å²) in [5.41, 5.74) is 0.622. The molecule has 0 aliphatic carbocycles. The van der Waals surface area contributed by atoms with E-state index in [1.165, 1.54) is 6.07 Å². The third kappa shape index (κ3) is 4.88. The summed E-state index contributed by atoms with van der Waals surface area (Å²) >= 11 is 3.28. The van der Waals surface area contributed by atoms with Crippen LogP contribution in [0, 0.1) is 0 Å². The van der Waals surface area contributed by atoms with Gasteiger partial charge in [-0.1, -0.05) is 22.9 Å². The van der Waals surface area contributed by atoms with Gasteiger partial charge in [0.1, 0.15) is 5.75 Å². The number of rotatable bonds is 7.